The summed E-state index contributed by atoms with van der Waals surface area (Å²) in [6.07, 6.45) is 0. The molecular weight excluding hydrogens is 586 g/mol. The maximum absolute atomic E-state index is 12.5. The molecule has 42 heavy (non-hydrogen) atoms. The molecule has 4 rings (SSSR count). The Bertz CT molecular complexity index is 1610. The average Bonchev–Trinajstić information content (AvgIpc) is 2.93. The van der Waals surface area contributed by atoms with Gasteiger partial charge in [-0.3, -0.25) is 18.7 Å². The Labute approximate surface area is 238 Å². The minimum Gasteiger partial charge on any atom is -0.322 e. The molecule has 13 nitrogen and oxygen atoms in total. The normalized spacial score (nSPS) is 11.3. The van der Waals surface area contributed by atoms with Gasteiger partial charge in [0.05, 0.1) is 10.6 Å². The van der Waals surface area contributed by atoms with Crippen LogP contribution in [0.1, 0.15) is 20.7 Å². The highest BCUT2D eigenvalue weighted by molar-refractivity contribution is 7.60. The molecular formula is C27H24N4O9P2. The topological polar surface area (TPSA) is 214 Å². The SMILES string of the molecule is O=C(Nc1ccc(C(=O)Nc2cccc(P(=O)(O)O)c2)cc1)Nc1ccc(C(=O)Nc2cccc(P(=O)(O)O)c2)cc1. The fourth-order valence-corrected chi connectivity index (χ4v) is 4.81. The van der Waals surface area contributed by atoms with E-state index in [2.05, 4.69) is 21.3 Å². The van der Waals surface area contributed by atoms with Gasteiger partial charge in [-0.05, 0) is 84.9 Å². The van der Waals surface area contributed by atoms with E-state index in [0.717, 1.165) is 0 Å². The molecule has 0 fully saturated rings. The maximum atomic E-state index is 12.5. The highest BCUT2D eigenvalue weighted by Crippen LogP contribution is 2.34. The molecule has 0 bridgehead atoms. The number of carbonyl (C=O) groups is 3. The van der Waals surface area contributed by atoms with Crippen molar-refractivity contribution in [2.75, 3.05) is 21.3 Å². The van der Waals surface area contributed by atoms with E-state index in [-0.39, 0.29) is 33.1 Å². The molecule has 0 aliphatic heterocycles. The van der Waals surface area contributed by atoms with Gasteiger partial charge in [0, 0.05) is 33.9 Å². The highest BCUT2D eigenvalue weighted by Gasteiger charge is 2.19. The van der Waals surface area contributed by atoms with Gasteiger partial charge in [-0.2, -0.15) is 0 Å². The van der Waals surface area contributed by atoms with Crippen LogP contribution in [0.15, 0.2) is 97.1 Å². The molecule has 0 saturated heterocycles. The fourth-order valence-electron chi connectivity index (χ4n) is 3.64. The van der Waals surface area contributed by atoms with E-state index >= 15 is 0 Å². The molecule has 0 atom stereocenters. The molecule has 0 radical (unpaired) electrons. The number of benzene rings is 4. The van der Waals surface area contributed by atoms with Crippen molar-refractivity contribution in [1.29, 1.82) is 0 Å². The largest absolute Gasteiger partial charge is 0.356 e. The van der Waals surface area contributed by atoms with Gasteiger partial charge in [-0.15, -0.1) is 0 Å². The molecule has 8 N–H and O–H groups in total. The Morgan fingerprint density at radius 3 is 1.17 bits per heavy atom. The summed E-state index contributed by atoms with van der Waals surface area (Å²) in [6.45, 7) is 0. The van der Waals surface area contributed by atoms with Crippen LogP contribution in [-0.2, 0) is 9.13 Å². The van der Waals surface area contributed by atoms with E-state index in [4.69, 9.17) is 0 Å². The van der Waals surface area contributed by atoms with Crippen molar-refractivity contribution in [3.05, 3.63) is 108 Å². The standard InChI is InChI=1S/C27H24N4O9P2/c32-25(28-21-3-1-5-23(15-21)41(35,36)37)17-7-11-19(12-8-17)30-27(34)31-20-13-9-18(10-14-20)26(33)29-22-4-2-6-24(16-22)42(38,39)40/h1-16H,(H,28,32)(H,29,33)(H2,30,31,34)(H2,35,36,37)(H2,38,39,40). The quantitative estimate of drug-likeness (QED) is 0.137. The predicted molar refractivity (Wildman–Crippen MR) is 158 cm³/mol. The number of nitrogens with one attached hydrogen (secondary N) is 4. The van der Waals surface area contributed by atoms with Gasteiger partial charge < -0.3 is 40.8 Å². The van der Waals surface area contributed by atoms with Crippen LogP contribution in [0, 0.1) is 0 Å². The fraction of sp³-hybridized carbons (Fsp3) is 0. The lowest BCUT2D eigenvalue weighted by Gasteiger charge is -2.11. The Hall–Kier alpha value is -4.61. The molecule has 0 unspecified atom stereocenters. The summed E-state index contributed by atoms with van der Waals surface area (Å²) < 4.78 is 22.9. The number of hydrogen-bond donors (Lipinski definition) is 8. The van der Waals surface area contributed by atoms with Gasteiger partial charge in [0.25, 0.3) is 11.8 Å². The van der Waals surface area contributed by atoms with Crippen LogP contribution in [-0.4, -0.2) is 37.4 Å². The van der Waals surface area contributed by atoms with Gasteiger partial charge in [0.1, 0.15) is 0 Å². The van der Waals surface area contributed by atoms with Gasteiger partial charge in [0.2, 0.25) is 0 Å². The third-order valence-corrected chi connectivity index (χ3v) is 7.59. The molecule has 4 aromatic carbocycles. The zero-order chi connectivity index (χ0) is 30.5. The van der Waals surface area contributed by atoms with Gasteiger partial charge in [-0.1, -0.05) is 12.1 Å². The van der Waals surface area contributed by atoms with E-state index in [1.165, 1.54) is 97.1 Å². The summed E-state index contributed by atoms with van der Waals surface area (Å²) >= 11 is 0. The van der Waals surface area contributed by atoms with E-state index < -0.39 is 33.0 Å². The van der Waals surface area contributed by atoms with Crippen LogP contribution >= 0.6 is 15.2 Å². The molecule has 4 amide bonds. The third-order valence-electron chi connectivity index (χ3n) is 5.69. The van der Waals surface area contributed by atoms with Crippen LogP contribution in [0.25, 0.3) is 0 Å². The summed E-state index contributed by atoms with van der Waals surface area (Å²) in [5, 5.41) is 9.87. The molecule has 0 spiro atoms. The summed E-state index contributed by atoms with van der Waals surface area (Å²) in [5.41, 5.74) is 1.65. The molecule has 4 aromatic rings. The van der Waals surface area contributed by atoms with Crippen molar-refractivity contribution < 1.29 is 43.1 Å². The second-order valence-corrected chi connectivity index (χ2v) is 12.0. The van der Waals surface area contributed by atoms with Crippen LogP contribution in [0.4, 0.5) is 27.5 Å². The molecule has 0 aromatic heterocycles. The Kier molecular flexibility index (Phi) is 9.03. The third kappa shape index (κ3) is 8.21. The van der Waals surface area contributed by atoms with Crippen molar-refractivity contribution in [2.24, 2.45) is 0 Å². The van der Waals surface area contributed by atoms with Gasteiger partial charge in [-0.25, -0.2) is 4.79 Å². The molecule has 216 valence electrons. The first-order valence-electron chi connectivity index (χ1n) is 12.0. The Morgan fingerprint density at radius 2 is 0.833 bits per heavy atom. The molecule has 0 aliphatic carbocycles. The summed E-state index contributed by atoms with van der Waals surface area (Å²) in [6, 6.07) is 21.9. The number of rotatable bonds is 8. The van der Waals surface area contributed by atoms with Crippen LogP contribution in [0.5, 0.6) is 0 Å². The maximum Gasteiger partial charge on any atom is 0.356 e. The lowest BCUT2D eigenvalue weighted by Crippen LogP contribution is -2.20. The highest BCUT2D eigenvalue weighted by atomic mass is 31.2. The monoisotopic (exact) mass is 610 g/mol. The predicted octanol–water partition coefficient (Wildman–Crippen LogP) is 3.44. The number of anilines is 4. The second kappa shape index (κ2) is 12.5. The molecule has 0 heterocycles. The first kappa shape index (κ1) is 30.4. The van der Waals surface area contributed by atoms with Crippen molar-refractivity contribution in [3.8, 4) is 0 Å². The van der Waals surface area contributed by atoms with Crippen LogP contribution in [0.2, 0.25) is 0 Å². The smallest absolute Gasteiger partial charge is 0.322 e. The minimum atomic E-state index is -4.47. The van der Waals surface area contributed by atoms with Crippen LogP contribution in [0.3, 0.4) is 0 Å². The van der Waals surface area contributed by atoms with E-state index in [1.54, 1.807) is 0 Å². The lowest BCUT2D eigenvalue weighted by molar-refractivity contribution is 0.101. The van der Waals surface area contributed by atoms with E-state index in [1.807, 2.05) is 0 Å². The lowest BCUT2D eigenvalue weighted by atomic mass is 10.2. The number of hydrogen-bond acceptors (Lipinski definition) is 5. The number of amides is 4. The Morgan fingerprint density at radius 1 is 0.476 bits per heavy atom. The summed E-state index contributed by atoms with van der Waals surface area (Å²) in [7, 11) is -8.94. The van der Waals surface area contributed by atoms with Gasteiger partial charge >= 0.3 is 21.2 Å². The number of carbonyl (C=O) groups excluding carboxylic acids is 3. The Balaban J connectivity index is 1.31. The van der Waals surface area contributed by atoms with Crippen molar-refractivity contribution in [3.63, 3.8) is 0 Å². The number of urea groups is 1. The van der Waals surface area contributed by atoms with Crippen molar-refractivity contribution in [2.45, 2.75) is 0 Å². The molecule has 0 saturated carbocycles. The van der Waals surface area contributed by atoms with Gasteiger partial charge in [0.15, 0.2) is 0 Å². The molecule has 15 heteroatoms. The molecule has 0 aliphatic rings. The van der Waals surface area contributed by atoms with Crippen LogP contribution < -0.4 is 31.9 Å². The van der Waals surface area contributed by atoms with E-state index in [0.29, 0.717) is 11.4 Å². The van der Waals surface area contributed by atoms with Crippen molar-refractivity contribution in [1.82, 2.24) is 0 Å². The minimum absolute atomic E-state index is 0.208. The second-order valence-electron chi connectivity index (χ2n) is 8.83. The first-order valence-corrected chi connectivity index (χ1v) is 15.2. The zero-order valence-corrected chi connectivity index (χ0v) is 23.3. The van der Waals surface area contributed by atoms with E-state index in [9.17, 15) is 43.1 Å². The summed E-state index contributed by atoms with van der Waals surface area (Å²) in [4.78, 5) is 74.6. The zero-order valence-electron chi connectivity index (χ0n) is 21.5. The average molecular weight is 610 g/mol. The summed E-state index contributed by atoms with van der Waals surface area (Å²) in [5.74, 6) is -1.04. The first-order chi connectivity index (χ1) is 19.8. The van der Waals surface area contributed by atoms with Crippen molar-refractivity contribution >= 4 is 66.4 Å².